The number of nitrogens with zero attached hydrogens (tertiary/aromatic N) is 1. The molecule has 0 aliphatic carbocycles. The van der Waals surface area contributed by atoms with Gasteiger partial charge in [0.05, 0.1) is 20.3 Å². The molecule has 1 atom stereocenters. The van der Waals surface area contributed by atoms with Crippen LogP contribution in [0.15, 0.2) is 18.2 Å². The van der Waals surface area contributed by atoms with E-state index in [0.717, 1.165) is 24.8 Å². The quantitative estimate of drug-likeness (QED) is 0.412. The summed E-state index contributed by atoms with van der Waals surface area (Å²) in [6, 6.07) is 4.67. The number of hydrogen-bond acceptors (Lipinski definition) is 6. The topological polar surface area (TPSA) is 102 Å². The third kappa shape index (κ3) is 4.32. The summed E-state index contributed by atoms with van der Waals surface area (Å²) in [5, 5.41) is 2.30. The molecular formula is C20H24N2O6. The number of hydrogen-bond donors (Lipinski definition) is 1. The zero-order valence-electron chi connectivity index (χ0n) is 15.9. The maximum atomic E-state index is 12.7. The molecule has 0 spiro atoms. The highest BCUT2D eigenvalue weighted by Crippen LogP contribution is 2.33. The number of unbranched alkanes of at least 4 members (excludes halogenated alkanes) is 2. The molecular weight excluding hydrogens is 364 g/mol. The first kappa shape index (κ1) is 19.9. The molecule has 8 heteroatoms. The maximum absolute atomic E-state index is 12.7. The molecule has 0 aromatic heterocycles. The Bertz CT molecular complexity index is 791. The summed E-state index contributed by atoms with van der Waals surface area (Å²) in [6.07, 6.45) is 3.32. The molecule has 0 radical (unpaired) electrons. The average Bonchev–Trinajstić information content (AvgIpc) is 3.01. The van der Waals surface area contributed by atoms with Crippen LogP contribution in [0, 0.1) is 0 Å². The van der Waals surface area contributed by atoms with Gasteiger partial charge in [-0.1, -0.05) is 6.07 Å². The Morgan fingerprint density at radius 2 is 2.04 bits per heavy atom. The molecule has 3 amide bonds. The van der Waals surface area contributed by atoms with Gasteiger partial charge in [-0.15, -0.1) is 0 Å². The van der Waals surface area contributed by atoms with E-state index in [9.17, 15) is 19.2 Å². The van der Waals surface area contributed by atoms with Crippen LogP contribution in [0.2, 0.25) is 0 Å². The zero-order chi connectivity index (χ0) is 20.1. The van der Waals surface area contributed by atoms with Crippen molar-refractivity contribution in [1.29, 1.82) is 0 Å². The average molecular weight is 388 g/mol. The molecule has 2 aliphatic heterocycles. The van der Waals surface area contributed by atoms with Crippen LogP contribution in [0.4, 0.5) is 0 Å². The minimum Gasteiger partial charge on any atom is -0.493 e. The third-order valence-electron chi connectivity index (χ3n) is 5.05. The van der Waals surface area contributed by atoms with Gasteiger partial charge in [0.25, 0.3) is 5.91 Å². The fourth-order valence-corrected chi connectivity index (χ4v) is 3.52. The van der Waals surface area contributed by atoms with Crippen molar-refractivity contribution in [3.05, 3.63) is 29.3 Å². The van der Waals surface area contributed by atoms with Gasteiger partial charge in [-0.05, 0) is 37.8 Å². The molecule has 1 unspecified atom stereocenters. The van der Waals surface area contributed by atoms with Crippen LogP contribution < -0.4 is 10.1 Å². The summed E-state index contributed by atoms with van der Waals surface area (Å²) < 4.78 is 10.5. The van der Waals surface area contributed by atoms with Crippen molar-refractivity contribution in [2.24, 2.45) is 0 Å². The van der Waals surface area contributed by atoms with E-state index in [4.69, 9.17) is 4.74 Å². The van der Waals surface area contributed by atoms with Gasteiger partial charge < -0.3 is 14.4 Å². The number of carbonyl (C=O) groups is 4. The molecule has 150 valence electrons. The standard InChI is InChI=1S/C20H24N2O6/c1-27-18(24)8-3-2-4-11-28-16-7-5-6-13-14(16)12-22(20(13)26)15-9-10-17(23)21-19(15)25/h5-7,15H,2-4,8-12H2,1H3,(H,21,23,25). The number of nitrogens with one attached hydrogen (secondary N) is 1. The van der Waals surface area contributed by atoms with Gasteiger partial charge in [-0.25, -0.2) is 0 Å². The van der Waals surface area contributed by atoms with Crippen LogP contribution in [0.1, 0.15) is 54.4 Å². The van der Waals surface area contributed by atoms with Crippen molar-refractivity contribution in [2.45, 2.75) is 51.1 Å². The van der Waals surface area contributed by atoms with Crippen LogP contribution in [-0.4, -0.2) is 48.3 Å². The summed E-state index contributed by atoms with van der Waals surface area (Å²) in [7, 11) is 1.38. The Hall–Kier alpha value is -2.90. The molecule has 2 aliphatic rings. The van der Waals surface area contributed by atoms with E-state index in [1.165, 1.54) is 12.0 Å². The first-order valence-electron chi connectivity index (χ1n) is 9.47. The van der Waals surface area contributed by atoms with Crippen molar-refractivity contribution in [2.75, 3.05) is 13.7 Å². The molecule has 0 saturated carbocycles. The number of piperidine rings is 1. The second kappa shape index (κ2) is 8.86. The molecule has 1 N–H and O–H groups in total. The minimum atomic E-state index is -0.635. The van der Waals surface area contributed by atoms with E-state index < -0.39 is 11.9 Å². The Morgan fingerprint density at radius 1 is 1.21 bits per heavy atom. The number of fused-ring (bicyclic) bond motifs is 1. The number of esters is 1. The van der Waals surface area contributed by atoms with Crippen molar-refractivity contribution in [3.8, 4) is 5.75 Å². The molecule has 8 nitrogen and oxygen atoms in total. The predicted octanol–water partition coefficient (Wildman–Crippen LogP) is 1.56. The summed E-state index contributed by atoms with van der Waals surface area (Å²) in [5.41, 5.74) is 1.31. The lowest BCUT2D eigenvalue weighted by Gasteiger charge is -2.29. The summed E-state index contributed by atoms with van der Waals surface area (Å²) >= 11 is 0. The molecule has 1 saturated heterocycles. The van der Waals surface area contributed by atoms with Gasteiger partial charge in [0.1, 0.15) is 11.8 Å². The SMILES string of the molecule is COC(=O)CCCCCOc1cccc2c1CN(C1CCC(=O)NC1=O)C2=O. The lowest BCUT2D eigenvalue weighted by atomic mass is 10.0. The van der Waals surface area contributed by atoms with Crippen molar-refractivity contribution < 1.29 is 28.7 Å². The number of rotatable bonds is 8. The van der Waals surface area contributed by atoms with E-state index >= 15 is 0 Å². The maximum Gasteiger partial charge on any atom is 0.305 e. The molecule has 3 rings (SSSR count). The van der Waals surface area contributed by atoms with Crippen LogP contribution in [0.25, 0.3) is 0 Å². The van der Waals surface area contributed by atoms with Gasteiger partial charge in [0.2, 0.25) is 11.8 Å². The van der Waals surface area contributed by atoms with E-state index in [2.05, 4.69) is 10.1 Å². The second-order valence-corrected chi connectivity index (χ2v) is 6.92. The van der Waals surface area contributed by atoms with Crippen molar-refractivity contribution in [1.82, 2.24) is 10.2 Å². The lowest BCUT2D eigenvalue weighted by Crippen LogP contribution is -2.52. The third-order valence-corrected chi connectivity index (χ3v) is 5.05. The van der Waals surface area contributed by atoms with Crippen molar-refractivity contribution >= 4 is 23.7 Å². The highest BCUT2D eigenvalue weighted by molar-refractivity contribution is 6.05. The Labute approximate surface area is 163 Å². The fourth-order valence-electron chi connectivity index (χ4n) is 3.52. The number of benzene rings is 1. The summed E-state index contributed by atoms with van der Waals surface area (Å²) in [6.45, 7) is 0.767. The lowest BCUT2D eigenvalue weighted by molar-refractivity contribution is -0.141. The number of ether oxygens (including phenoxy) is 2. The van der Waals surface area contributed by atoms with Gasteiger partial charge in [-0.2, -0.15) is 0 Å². The molecule has 1 fully saturated rings. The molecule has 1 aromatic rings. The smallest absolute Gasteiger partial charge is 0.305 e. The van der Waals surface area contributed by atoms with E-state index in [1.807, 2.05) is 6.07 Å². The largest absolute Gasteiger partial charge is 0.493 e. The molecule has 0 bridgehead atoms. The fraction of sp³-hybridized carbons (Fsp3) is 0.500. The summed E-state index contributed by atoms with van der Waals surface area (Å²) in [4.78, 5) is 48.8. The van der Waals surface area contributed by atoms with Crippen LogP contribution in [0.3, 0.4) is 0 Å². The number of amides is 3. The number of imide groups is 1. The van der Waals surface area contributed by atoms with Gasteiger partial charge in [0.15, 0.2) is 0 Å². The van der Waals surface area contributed by atoms with E-state index in [1.54, 1.807) is 12.1 Å². The minimum absolute atomic E-state index is 0.214. The monoisotopic (exact) mass is 388 g/mol. The van der Waals surface area contributed by atoms with Crippen LogP contribution in [-0.2, 0) is 25.7 Å². The second-order valence-electron chi connectivity index (χ2n) is 6.92. The first-order valence-corrected chi connectivity index (χ1v) is 9.47. The Balaban J connectivity index is 1.57. The highest BCUT2D eigenvalue weighted by atomic mass is 16.5. The van der Waals surface area contributed by atoms with E-state index in [-0.39, 0.29) is 24.2 Å². The molecule has 1 aromatic carbocycles. The Morgan fingerprint density at radius 3 is 2.79 bits per heavy atom. The Kier molecular flexibility index (Phi) is 6.28. The van der Waals surface area contributed by atoms with E-state index in [0.29, 0.717) is 37.3 Å². The number of carbonyl (C=O) groups excluding carboxylic acids is 4. The van der Waals surface area contributed by atoms with Gasteiger partial charge in [0, 0.05) is 24.0 Å². The molecule has 2 heterocycles. The normalized spacial score (nSPS) is 18.7. The van der Waals surface area contributed by atoms with Crippen molar-refractivity contribution in [3.63, 3.8) is 0 Å². The van der Waals surface area contributed by atoms with Gasteiger partial charge >= 0.3 is 5.97 Å². The molecule has 28 heavy (non-hydrogen) atoms. The van der Waals surface area contributed by atoms with Gasteiger partial charge in [-0.3, -0.25) is 24.5 Å². The zero-order valence-corrected chi connectivity index (χ0v) is 15.9. The van der Waals surface area contributed by atoms with Crippen LogP contribution in [0.5, 0.6) is 5.75 Å². The number of methoxy groups -OCH3 is 1. The highest BCUT2D eigenvalue weighted by Gasteiger charge is 2.40. The van der Waals surface area contributed by atoms with Crippen LogP contribution >= 0.6 is 0 Å². The summed E-state index contributed by atoms with van der Waals surface area (Å²) in [5.74, 6) is -0.525. The first-order chi connectivity index (χ1) is 13.5. The predicted molar refractivity (Wildman–Crippen MR) is 98.5 cm³/mol.